The van der Waals surface area contributed by atoms with E-state index in [0.29, 0.717) is 12.5 Å². The van der Waals surface area contributed by atoms with Gasteiger partial charge in [-0.3, -0.25) is 14.5 Å². The van der Waals surface area contributed by atoms with E-state index in [1.165, 1.54) is 0 Å². The molecule has 1 N–H and O–H groups in total. The summed E-state index contributed by atoms with van der Waals surface area (Å²) in [5.74, 6) is 0.816. The van der Waals surface area contributed by atoms with Gasteiger partial charge in [0.2, 0.25) is 11.8 Å². The number of piperidine rings is 1. The average molecular weight is 337 g/mol. The van der Waals surface area contributed by atoms with Crippen LogP contribution in [0.3, 0.4) is 0 Å². The molecule has 6 heteroatoms. The van der Waals surface area contributed by atoms with Crippen molar-refractivity contribution in [3.63, 3.8) is 0 Å². The van der Waals surface area contributed by atoms with Gasteiger partial charge in [-0.05, 0) is 39.5 Å². The third-order valence-corrected chi connectivity index (χ3v) is 5.33. The smallest absolute Gasteiger partial charge is 0.225 e. The Bertz CT molecular complexity index is 448. The summed E-state index contributed by atoms with van der Waals surface area (Å²) in [6.07, 6.45) is 4.23. The van der Waals surface area contributed by atoms with Crippen LogP contribution in [0.4, 0.5) is 0 Å². The Labute approximate surface area is 144 Å². The first kappa shape index (κ1) is 17.7. The normalized spacial score (nSPS) is 29.5. The molecular formula is C18H31N3O3. The summed E-state index contributed by atoms with van der Waals surface area (Å²) in [7, 11) is 0. The first-order valence-electron chi connectivity index (χ1n) is 9.47. The second kappa shape index (κ2) is 7.83. The summed E-state index contributed by atoms with van der Waals surface area (Å²) < 4.78 is 5.73. The lowest BCUT2D eigenvalue weighted by Gasteiger charge is -2.35. The molecule has 0 aromatic carbocycles. The van der Waals surface area contributed by atoms with Crippen molar-refractivity contribution in [2.45, 2.75) is 51.7 Å². The van der Waals surface area contributed by atoms with Crippen LogP contribution in [0.2, 0.25) is 0 Å². The molecule has 0 bridgehead atoms. The Kier molecular flexibility index (Phi) is 5.76. The van der Waals surface area contributed by atoms with Crippen molar-refractivity contribution in [1.29, 1.82) is 0 Å². The van der Waals surface area contributed by atoms with Gasteiger partial charge < -0.3 is 15.0 Å². The standard InChI is InChI=1S/C18H31N3O3/c1-13-11-20(12-14(2)24-13)10-7-19-17(22)15-5-8-21(9-6-15)18(23)16-3-4-16/h13-16H,3-12H2,1-2H3,(H,19,22)/t13-,14+. The van der Waals surface area contributed by atoms with Crippen LogP contribution in [0.15, 0.2) is 0 Å². The molecule has 1 saturated carbocycles. The van der Waals surface area contributed by atoms with Gasteiger partial charge in [0.15, 0.2) is 0 Å². The molecule has 0 unspecified atom stereocenters. The van der Waals surface area contributed by atoms with E-state index >= 15 is 0 Å². The SMILES string of the molecule is C[C@@H]1CN(CCNC(=O)C2CCN(C(=O)C3CC3)CC2)C[C@H](C)O1. The van der Waals surface area contributed by atoms with Crippen molar-refractivity contribution in [2.75, 3.05) is 39.3 Å². The van der Waals surface area contributed by atoms with E-state index in [0.717, 1.165) is 58.4 Å². The minimum Gasteiger partial charge on any atom is -0.373 e. The van der Waals surface area contributed by atoms with Crippen molar-refractivity contribution in [3.8, 4) is 0 Å². The first-order chi connectivity index (χ1) is 11.5. The molecule has 2 heterocycles. The molecule has 1 aliphatic carbocycles. The zero-order valence-electron chi connectivity index (χ0n) is 15.0. The molecule has 6 nitrogen and oxygen atoms in total. The average Bonchev–Trinajstić information content (AvgIpc) is 3.38. The van der Waals surface area contributed by atoms with Crippen LogP contribution in [-0.4, -0.2) is 73.1 Å². The molecule has 3 fully saturated rings. The van der Waals surface area contributed by atoms with E-state index < -0.39 is 0 Å². The third kappa shape index (κ3) is 4.70. The highest BCUT2D eigenvalue weighted by atomic mass is 16.5. The number of rotatable bonds is 5. The topological polar surface area (TPSA) is 61.9 Å². The number of ether oxygens (including phenoxy) is 1. The zero-order chi connectivity index (χ0) is 17.1. The lowest BCUT2D eigenvalue weighted by atomic mass is 9.95. The summed E-state index contributed by atoms with van der Waals surface area (Å²) in [6.45, 7) is 9.11. The van der Waals surface area contributed by atoms with Gasteiger partial charge >= 0.3 is 0 Å². The highest BCUT2D eigenvalue weighted by molar-refractivity contribution is 5.82. The van der Waals surface area contributed by atoms with Crippen LogP contribution < -0.4 is 5.32 Å². The van der Waals surface area contributed by atoms with Crippen molar-refractivity contribution in [1.82, 2.24) is 15.1 Å². The van der Waals surface area contributed by atoms with Gasteiger partial charge in [-0.1, -0.05) is 0 Å². The van der Waals surface area contributed by atoms with Crippen LogP contribution in [0, 0.1) is 11.8 Å². The van der Waals surface area contributed by atoms with E-state index in [9.17, 15) is 9.59 Å². The fraction of sp³-hybridized carbons (Fsp3) is 0.889. The van der Waals surface area contributed by atoms with E-state index in [-0.39, 0.29) is 30.0 Å². The molecule has 0 aromatic heterocycles. The molecule has 3 aliphatic rings. The van der Waals surface area contributed by atoms with E-state index in [1.807, 2.05) is 4.90 Å². The molecule has 2 saturated heterocycles. The second-order valence-electron chi connectivity index (χ2n) is 7.68. The van der Waals surface area contributed by atoms with Crippen LogP contribution in [-0.2, 0) is 14.3 Å². The molecular weight excluding hydrogens is 306 g/mol. The van der Waals surface area contributed by atoms with Gasteiger partial charge in [-0.15, -0.1) is 0 Å². The van der Waals surface area contributed by atoms with Gasteiger partial charge in [0.1, 0.15) is 0 Å². The maximum Gasteiger partial charge on any atom is 0.225 e. The predicted molar refractivity (Wildman–Crippen MR) is 91.5 cm³/mol. The van der Waals surface area contributed by atoms with E-state index in [4.69, 9.17) is 4.74 Å². The lowest BCUT2D eigenvalue weighted by Crippen LogP contribution is -2.49. The minimum atomic E-state index is 0.0655. The fourth-order valence-corrected chi connectivity index (χ4v) is 3.90. The van der Waals surface area contributed by atoms with E-state index in [1.54, 1.807) is 0 Å². The quantitative estimate of drug-likeness (QED) is 0.808. The highest BCUT2D eigenvalue weighted by Gasteiger charge is 2.35. The first-order valence-corrected chi connectivity index (χ1v) is 9.47. The van der Waals surface area contributed by atoms with Crippen LogP contribution in [0.5, 0.6) is 0 Å². The number of carbonyl (C=O) groups is 2. The number of amides is 2. The molecule has 0 aromatic rings. The second-order valence-corrected chi connectivity index (χ2v) is 7.68. The molecule has 2 atom stereocenters. The molecule has 3 rings (SSSR count). The number of carbonyl (C=O) groups excluding carboxylic acids is 2. The summed E-state index contributed by atoms with van der Waals surface area (Å²) in [5.41, 5.74) is 0. The summed E-state index contributed by atoms with van der Waals surface area (Å²) in [5, 5.41) is 3.08. The highest BCUT2D eigenvalue weighted by Crippen LogP contribution is 2.32. The monoisotopic (exact) mass is 337 g/mol. The van der Waals surface area contributed by atoms with Gasteiger partial charge in [0.05, 0.1) is 12.2 Å². The maximum atomic E-state index is 12.3. The number of hydrogen-bond donors (Lipinski definition) is 1. The fourth-order valence-electron chi connectivity index (χ4n) is 3.90. The van der Waals surface area contributed by atoms with Gasteiger partial charge in [0.25, 0.3) is 0 Å². The van der Waals surface area contributed by atoms with Crippen molar-refractivity contribution >= 4 is 11.8 Å². The lowest BCUT2D eigenvalue weighted by molar-refractivity contribution is -0.136. The Morgan fingerprint density at radius 2 is 1.62 bits per heavy atom. The number of nitrogens with zero attached hydrogens (tertiary/aromatic N) is 2. The Morgan fingerprint density at radius 1 is 1.00 bits per heavy atom. The summed E-state index contributed by atoms with van der Waals surface area (Å²) in [6, 6.07) is 0. The van der Waals surface area contributed by atoms with Gasteiger partial charge in [-0.25, -0.2) is 0 Å². The molecule has 0 spiro atoms. The Balaban J connectivity index is 1.33. The largest absolute Gasteiger partial charge is 0.373 e. The Hall–Kier alpha value is -1.14. The summed E-state index contributed by atoms with van der Waals surface area (Å²) >= 11 is 0. The van der Waals surface area contributed by atoms with Crippen LogP contribution in [0.25, 0.3) is 0 Å². The predicted octanol–water partition coefficient (Wildman–Crippen LogP) is 0.860. The summed E-state index contributed by atoms with van der Waals surface area (Å²) in [4.78, 5) is 28.7. The molecule has 2 aliphatic heterocycles. The van der Waals surface area contributed by atoms with E-state index in [2.05, 4.69) is 24.1 Å². The van der Waals surface area contributed by atoms with Crippen LogP contribution >= 0.6 is 0 Å². The van der Waals surface area contributed by atoms with Gasteiger partial charge in [0, 0.05) is 51.1 Å². The number of morpholine rings is 1. The van der Waals surface area contributed by atoms with Crippen molar-refractivity contribution in [3.05, 3.63) is 0 Å². The minimum absolute atomic E-state index is 0.0655. The molecule has 2 amide bonds. The molecule has 136 valence electrons. The van der Waals surface area contributed by atoms with Crippen molar-refractivity contribution < 1.29 is 14.3 Å². The number of likely N-dealkylation sites (tertiary alicyclic amines) is 1. The Morgan fingerprint density at radius 3 is 2.21 bits per heavy atom. The number of hydrogen-bond acceptors (Lipinski definition) is 4. The molecule has 0 radical (unpaired) electrons. The third-order valence-electron chi connectivity index (χ3n) is 5.33. The van der Waals surface area contributed by atoms with Crippen molar-refractivity contribution in [2.24, 2.45) is 11.8 Å². The number of nitrogens with one attached hydrogen (secondary N) is 1. The zero-order valence-corrected chi connectivity index (χ0v) is 15.0. The maximum absolute atomic E-state index is 12.3. The van der Waals surface area contributed by atoms with Crippen LogP contribution in [0.1, 0.15) is 39.5 Å². The molecule has 24 heavy (non-hydrogen) atoms. The van der Waals surface area contributed by atoms with Gasteiger partial charge in [-0.2, -0.15) is 0 Å².